The van der Waals surface area contributed by atoms with E-state index in [1.54, 1.807) is 37.8 Å². The summed E-state index contributed by atoms with van der Waals surface area (Å²) in [6, 6.07) is 3.44. The highest BCUT2D eigenvalue weighted by Gasteiger charge is 2.10. The molecule has 0 radical (unpaired) electrons. The molecule has 0 aromatic carbocycles. The number of carbonyl (C=O) groups excluding carboxylic acids is 1. The standard InChI is InChI=1S/C11H13N5O/c1-12-10-8(3-2-4-15-10)11(17)16-7-9-13-5-6-14-9/h2-6H,7H2,1H3,(H,12,15)(H,13,14)(H,16,17). The summed E-state index contributed by atoms with van der Waals surface area (Å²) in [5, 5.41) is 5.64. The number of hydrogen-bond donors (Lipinski definition) is 3. The molecule has 6 nitrogen and oxygen atoms in total. The number of nitrogens with one attached hydrogen (secondary N) is 3. The quantitative estimate of drug-likeness (QED) is 0.726. The number of pyridine rings is 1. The molecule has 2 rings (SSSR count). The van der Waals surface area contributed by atoms with Crippen molar-refractivity contribution in [2.45, 2.75) is 6.54 Å². The van der Waals surface area contributed by atoms with Crippen LogP contribution in [-0.2, 0) is 6.54 Å². The molecular formula is C11H13N5O. The summed E-state index contributed by atoms with van der Waals surface area (Å²) in [6.07, 6.45) is 4.99. The first-order valence-electron chi connectivity index (χ1n) is 5.20. The predicted molar refractivity (Wildman–Crippen MR) is 63.5 cm³/mol. The van der Waals surface area contributed by atoms with Crippen molar-refractivity contribution in [3.63, 3.8) is 0 Å². The molecule has 0 fully saturated rings. The Labute approximate surface area is 98.5 Å². The molecule has 1 amide bonds. The van der Waals surface area contributed by atoms with E-state index in [0.29, 0.717) is 23.8 Å². The molecule has 88 valence electrons. The minimum Gasteiger partial charge on any atom is -0.372 e. The van der Waals surface area contributed by atoms with Crippen LogP contribution in [0, 0.1) is 0 Å². The Morgan fingerprint density at radius 1 is 1.41 bits per heavy atom. The van der Waals surface area contributed by atoms with Crippen LogP contribution in [-0.4, -0.2) is 27.9 Å². The highest BCUT2D eigenvalue weighted by molar-refractivity contribution is 5.98. The topological polar surface area (TPSA) is 82.7 Å². The predicted octanol–water partition coefficient (Wildman–Crippen LogP) is 0.776. The van der Waals surface area contributed by atoms with Crippen LogP contribution in [0.25, 0.3) is 0 Å². The van der Waals surface area contributed by atoms with E-state index < -0.39 is 0 Å². The minimum absolute atomic E-state index is 0.182. The number of amides is 1. The van der Waals surface area contributed by atoms with Crippen molar-refractivity contribution in [1.29, 1.82) is 0 Å². The molecule has 0 saturated heterocycles. The van der Waals surface area contributed by atoms with Gasteiger partial charge in [0.1, 0.15) is 11.6 Å². The lowest BCUT2D eigenvalue weighted by Crippen LogP contribution is -2.24. The molecule has 2 heterocycles. The number of aromatic amines is 1. The summed E-state index contributed by atoms with van der Waals surface area (Å²) >= 11 is 0. The third-order valence-electron chi connectivity index (χ3n) is 2.26. The van der Waals surface area contributed by atoms with E-state index in [9.17, 15) is 4.79 Å². The lowest BCUT2D eigenvalue weighted by Gasteiger charge is -2.07. The average molecular weight is 231 g/mol. The molecular weight excluding hydrogens is 218 g/mol. The van der Waals surface area contributed by atoms with Crippen molar-refractivity contribution < 1.29 is 4.79 Å². The van der Waals surface area contributed by atoms with E-state index in [1.807, 2.05) is 0 Å². The van der Waals surface area contributed by atoms with Gasteiger partial charge in [-0.25, -0.2) is 9.97 Å². The van der Waals surface area contributed by atoms with Gasteiger partial charge in [0.25, 0.3) is 5.91 Å². The van der Waals surface area contributed by atoms with Crippen molar-refractivity contribution >= 4 is 11.7 Å². The van der Waals surface area contributed by atoms with Crippen LogP contribution in [0.4, 0.5) is 5.82 Å². The average Bonchev–Trinajstić information content (AvgIpc) is 2.89. The molecule has 6 heteroatoms. The fourth-order valence-electron chi connectivity index (χ4n) is 1.44. The Morgan fingerprint density at radius 2 is 2.29 bits per heavy atom. The Hall–Kier alpha value is -2.37. The zero-order chi connectivity index (χ0) is 12.1. The molecule has 0 aliphatic rings. The maximum atomic E-state index is 11.9. The van der Waals surface area contributed by atoms with Gasteiger partial charge in [0.05, 0.1) is 12.1 Å². The molecule has 3 N–H and O–H groups in total. The van der Waals surface area contributed by atoms with Gasteiger partial charge in [0.2, 0.25) is 0 Å². The van der Waals surface area contributed by atoms with Gasteiger partial charge in [-0.15, -0.1) is 0 Å². The summed E-state index contributed by atoms with van der Waals surface area (Å²) in [4.78, 5) is 22.9. The summed E-state index contributed by atoms with van der Waals surface area (Å²) in [5.41, 5.74) is 0.515. The van der Waals surface area contributed by atoms with E-state index in [0.717, 1.165) is 0 Å². The minimum atomic E-state index is -0.182. The molecule has 0 unspecified atom stereocenters. The van der Waals surface area contributed by atoms with Gasteiger partial charge in [0, 0.05) is 25.6 Å². The monoisotopic (exact) mass is 231 g/mol. The van der Waals surface area contributed by atoms with Crippen LogP contribution < -0.4 is 10.6 Å². The van der Waals surface area contributed by atoms with E-state index >= 15 is 0 Å². The second-order valence-corrected chi connectivity index (χ2v) is 3.37. The first-order valence-corrected chi connectivity index (χ1v) is 5.20. The molecule has 2 aromatic rings. The van der Waals surface area contributed by atoms with Crippen LogP contribution in [0.15, 0.2) is 30.7 Å². The SMILES string of the molecule is CNc1ncccc1C(=O)NCc1ncc[nH]1. The Bertz CT molecular complexity index is 494. The first kappa shape index (κ1) is 11.1. The van der Waals surface area contributed by atoms with Crippen LogP contribution in [0.2, 0.25) is 0 Å². The zero-order valence-corrected chi connectivity index (χ0v) is 9.40. The summed E-state index contributed by atoms with van der Waals surface area (Å²) < 4.78 is 0. The third-order valence-corrected chi connectivity index (χ3v) is 2.26. The molecule has 0 atom stereocenters. The van der Waals surface area contributed by atoms with Gasteiger partial charge in [-0.05, 0) is 12.1 Å². The van der Waals surface area contributed by atoms with Crippen LogP contribution in [0.3, 0.4) is 0 Å². The number of H-pyrrole nitrogens is 1. The maximum Gasteiger partial charge on any atom is 0.255 e. The normalized spacial score (nSPS) is 9.94. The zero-order valence-electron chi connectivity index (χ0n) is 9.40. The van der Waals surface area contributed by atoms with E-state index in [-0.39, 0.29) is 5.91 Å². The molecule has 0 spiro atoms. The van der Waals surface area contributed by atoms with E-state index in [2.05, 4.69) is 25.6 Å². The molecule has 0 saturated carbocycles. The Kier molecular flexibility index (Phi) is 3.34. The van der Waals surface area contributed by atoms with Gasteiger partial charge >= 0.3 is 0 Å². The Morgan fingerprint density at radius 3 is 3.00 bits per heavy atom. The van der Waals surface area contributed by atoms with Crippen LogP contribution >= 0.6 is 0 Å². The van der Waals surface area contributed by atoms with Crippen LogP contribution in [0.5, 0.6) is 0 Å². The Balaban J connectivity index is 2.04. The second-order valence-electron chi connectivity index (χ2n) is 3.37. The summed E-state index contributed by atoms with van der Waals surface area (Å²) in [7, 11) is 1.73. The van der Waals surface area contributed by atoms with Gasteiger partial charge in [-0.2, -0.15) is 0 Å². The van der Waals surface area contributed by atoms with Gasteiger partial charge < -0.3 is 15.6 Å². The van der Waals surface area contributed by atoms with Crippen molar-refractivity contribution in [3.8, 4) is 0 Å². The smallest absolute Gasteiger partial charge is 0.255 e. The molecule has 17 heavy (non-hydrogen) atoms. The van der Waals surface area contributed by atoms with Crippen molar-refractivity contribution in [2.75, 3.05) is 12.4 Å². The van der Waals surface area contributed by atoms with E-state index in [1.165, 1.54) is 0 Å². The largest absolute Gasteiger partial charge is 0.372 e. The fraction of sp³-hybridized carbons (Fsp3) is 0.182. The van der Waals surface area contributed by atoms with Gasteiger partial charge in [-0.3, -0.25) is 4.79 Å². The number of rotatable bonds is 4. The molecule has 0 aliphatic heterocycles. The van der Waals surface area contributed by atoms with Crippen molar-refractivity contribution in [3.05, 3.63) is 42.1 Å². The third kappa shape index (κ3) is 2.60. The highest BCUT2D eigenvalue weighted by atomic mass is 16.1. The number of aromatic nitrogens is 3. The maximum absolute atomic E-state index is 11.9. The lowest BCUT2D eigenvalue weighted by atomic mass is 10.2. The van der Waals surface area contributed by atoms with Crippen LogP contribution in [0.1, 0.15) is 16.2 Å². The summed E-state index contributed by atoms with van der Waals surface area (Å²) in [6.45, 7) is 0.365. The molecule has 0 bridgehead atoms. The number of imidazole rings is 1. The highest BCUT2D eigenvalue weighted by Crippen LogP contribution is 2.09. The first-order chi connectivity index (χ1) is 8.31. The number of carbonyl (C=O) groups is 1. The molecule has 0 aliphatic carbocycles. The lowest BCUT2D eigenvalue weighted by molar-refractivity contribution is 0.0950. The second kappa shape index (κ2) is 5.11. The molecule has 2 aromatic heterocycles. The summed E-state index contributed by atoms with van der Waals surface area (Å²) in [5.74, 6) is 1.09. The number of hydrogen-bond acceptors (Lipinski definition) is 4. The number of nitrogens with zero attached hydrogens (tertiary/aromatic N) is 2. The van der Waals surface area contributed by atoms with Crippen molar-refractivity contribution in [2.24, 2.45) is 0 Å². The van der Waals surface area contributed by atoms with Gasteiger partial charge in [0.15, 0.2) is 0 Å². The van der Waals surface area contributed by atoms with E-state index in [4.69, 9.17) is 0 Å². The van der Waals surface area contributed by atoms with Gasteiger partial charge in [-0.1, -0.05) is 0 Å². The fourth-order valence-corrected chi connectivity index (χ4v) is 1.44. The number of anilines is 1. The van der Waals surface area contributed by atoms with Crippen molar-refractivity contribution in [1.82, 2.24) is 20.3 Å².